The maximum Gasteiger partial charge on any atom is 0.323 e. The first-order valence-corrected chi connectivity index (χ1v) is 5.96. The Kier molecular flexibility index (Phi) is 7.50. The summed E-state index contributed by atoms with van der Waals surface area (Å²) in [5.74, 6) is -1.89. The smallest absolute Gasteiger partial charge is 0.323 e. The molecular weight excluding hydrogens is 238 g/mol. The Morgan fingerprint density at radius 3 is 1.83 bits per heavy atom. The molecule has 0 unspecified atom stereocenters. The van der Waals surface area contributed by atoms with Gasteiger partial charge in [-0.25, -0.2) is 4.79 Å². The van der Waals surface area contributed by atoms with Crippen LogP contribution in [-0.4, -0.2) is 59.0 Å². The van der Waals surface area contributed by atoms with Gasteiger partial charge in [0.2, 0.25) is 5.91 Å². The standard InChI is InChI=1S/C11H21N3O4/c1-3-5-13(6-4-2)11(18)14(7-9(12)15)8-10(16)17/h3-8H2,1-2H3,(H2,12,15)(H,16,17). The first-order chi connectivity index (χ1) is 8.42. The molecule has 0 bridgehead atoms. The van der Waals surface area contributed by atoms with Crippen LogP contribution in [0.2, 0.25) is 0 Å². The zero-order chi connectivity index (χ0) is 14.1. The third-order valence-corrected chi connectivity index (χ3v) is 2.20. The summed E-state index contributed by atoms with van der Waals surface area (Å²) in [5, 5.41) is 8.72. The largest absolute Gasteiger partial charge is 0.480 e. The van der Waals surface area contributed by atoms with Gasteiger partial charge < -0.3 is 20.6 Å². The highest BCUT2D eigenvalue weighted by atomic mass is 16.4. The van der Waals surface area contributed by atoms with Crippen molar-refractivity contribution in [3.05, 3.63) is 0 Å². The number of amides is 3. The van der Waals surface area contributed by atoms with Gasteiger partial charge in [0.05, 0.1) is 0 Å². The summed E-state index contributed by atoms with van der Waals surface area (Å²) in [6.07, 6.45) is 1.53. The second-order valence-corrected chi connectivity index (χ2v) is 3.99. The lowest BCUT2D eigenvalue weighted by Crippen LogP contribution is -2.49. The van der Waals surface area contributed by atoms with E-state index in [9.17, 15) is 14.4 Å². The van der Waals surface area contributed by atoms with Crippen LogP contribution in [0.15, 0.2) is 0 Å². The first kappa shape index (κ1) is 16.2. The Morgan fingerprint density at radius 1 is 1.00 bits per heavy atom. The van der Waals surface area contributed by atoms with Crippen molar-refractivity contribution in [2.45, 2.75) is 26.7 Å². The van der Waals surface area contributed by atoms with Gasteiger partial charge in [-0.15, -0.1) is 0 Å². The fourth-order valence-electron chi connectivity index (χ4n) is 1.59. The molecule has 0 saturated carbocycles. The minimum atomic E-state index is -1.17. The summed E-state index contributed by atoms with van der Waals surface area (Å²) in [6, 6.07) is -0.458. The Labute approximate surface area is 107 Å². The molecule has 3 amide bonds. The summed E-state index contributed by atoms with van der Waals surface area (Å²) in [7, 11) is 0. The van der Waals surface area contributed by atoms with Gasteiger partial charge in [0, 0.05) is 13.1 Å². The highest BCUT2D eigenvalue weighted by Gasteiger charge is 2.23. The number of nitrogens with two attached hydrogens (primary N) is 1. The fraction of sp³-hybridized carbons (Fsp3) is 0.727. The van der Waals surface area contributed by atoms with Crippen LogP contribution in [0, 0.1) is 0 Å². The monoisotopic (exact) mass is 259 g/mol. The van der Waals surface area contributed by atoms with E-state index < -0.39 is 24.5 Å². The number of carbonyl (C=O) groups excluding carboxylic acids is 2. The average Bonchev–Trinajstić information content (AvgIpc) is 2.25. The number of aliphatic carboxylic acids is 1. The molecule has 0 aliphatic rings. The Balaban J connectivity index is 4.76. The molecule has 0 atom stereocenters. The van der Waals surface area contributed by atoms with Crippen molar-refractivity contribution in [3.8, 4) is 0 Å². The van der Waals surface area contributed by atoms with Gasteiger partial charge in [-0.1, -0.05) is 13.8 Å². The molecule has 0 spiro atoms. The Hall–Kier alpha value is -1.79. The minimum Gasteiger partial charge on any atom is -0.480 e. The molecule has 18 heavy (non-hydrogen) atoms. The molecule has 0 radical (unpaired) electrons. The molecule has 104 valence electrons. The van der Waals surface area contributed by atoms with Crippen molar-refractivity contribution in [3.63, 3.8) is 0 Å². The van der Waals surface area contributed by atoms with Gasteiger partial charge in [-0.2, -0.15) is 0 Å². The molecule has 3 N–H and O–H groups in total. The van der Waals surface area contributed by atoms with E-state index in [0.29, 0.717) is 13.1 Å². The van der Waals surface area contributed by atoms with Crippen LogP contribution in [0.3, 0.4) is 0 Å². The van der Waals surface area contributed by atoms with E-state index >= 15 is 0 Å². The molecule has 0 aliphatic carbocycles. The summed E-state index contributed by atoms with van der Waals surface area (Å²) in [4.78, 5) is 36.1. The molecule has 0 aromatic carbocycles. The Bertz CT molecular complexity index is 285. The van der Waals surface area contributed by atoms with Crippen LogP contribution in [0.4, 0.5) is 4.79 Å². The van der Waals surface area contributed by atoms with E-state index in [-0.39, 0.29) is 6.54 Å². The van der Waals surface area contributed by atoms with E-state index in [1.165, 1.54) is 4.90 Å². The number of carbonyl (C=O) groups is 3. The van der Waals surface area contributed by atoms with Crippen molar-refractivity contribution < 1.29 is 19.5 Å². The maximum absolute atomic E-state index is 12.1. The number of hydrogen-bond acceptors (Lipinski definition) is 3. The lowest BCUT2D eigenvalue weighted by atomic mass is 10.3. The van der Waals surface area contributed by atoms with E-state index in [0.717, 1.165) is 17.7 Å². The highest BCUT2D eigenvalue weighted by Crippen LogP contribution is 2.02. The van der Waals surface area contributed by atoms with Crippen molar-refractivity contribution in [1.29, 1.82) is 0 Å². The minimum absolute atomic E-state index is 0.380. The maximum atomic E-state index is 12.1. The molecule has 0 saturated heterocycles. The molecule has 0 fully saturated rings. The highest BCUT2D eigenvalue weighted by molar-refractivity contribution is 5.85. The van der Waals surface area contributed by atoms with Gasteiger partial charge >= 0.3 is 12.0 Å². The molecule has 0 aromatic heterocycles. The van der Waals surface area contributed by atoms with Crippen LogP contribution < -0.4 is 5.73 Å². The van der Waals surface area contributed by atoms with Gasteiger partial charge in [-0.3, -0.25) is 9.59 Å². The van der Waals surface area contributed by atoms with E-state index in [1.807, 2.05) is 13.8 Å². The zero-order valence-corrected chi connectivity index (χ0v) is 10.9. The summed E-state index contributed by atoms with van der Waals surface area (Å²) in [6.45, 7) is 4.00. The lowest BCUT2D eigenvalue weighted by molar-refractivity contribution is -0.138. The van der Waals surface area contributed by atoms with Gasteiger partial charge in [0.15, 0.2) is 0 Å². The number of rotatable bonds is 8. The number of hydrogen-bond donors (Lipinski definition) is 2. The van der Waals surface area contributed by atoms with Gasteiger partial charge in [-0.05, 0) is 12.8 Å². The lowest BCUT2D eigenvalue weighted by Gasteiger charge is -2.28. The summed E-state index contributed by atoms with van der Waals surface area (Å²) < 4.78 is 0. The van der Waals surface area contributed by atoms with Crippen LogP contribution in [0.25, 0.3) is 0 Å². The van der Waals surface area contributed by atoms with E-state index in [4.69, 9.17) is 10.8 Å². The van der Waals surface area contributed by atoms with Crippen molar-refractivity contribution in [2.75, 3.05) is 26.2 Å². The van der Waals surface area contributed by atoms with Crippen molar-refractivity contribution >= 4 is 17.9 Å². The SMILES string of the molecule is CCCN(CCC)C(=O)N(CC(N)=O)CC(=O)O. The quantitative estimate of drug-likeness (QED) is 0.645. The van der Waals surface area contributed by atoms with Gasteiger partial charge in [0.25, 0.3) is 0 Å². The summed E-state index contributed by atoms with van der Waals surface area (Å²) >= 11 is 0. The number of carboxylic acids is 1. The molecule has 7 nitrogen and oxygen atoms in total. The second kappa shape index (κ2) is 8.32. The summed E-state index contributed by atoms with van der Waals surface area (Å²) in [5.41, 5.74) is 5.01. The molecule has 0 rings (SSSR count). The third-order valence-electron chi connectivity index (χ3n) is 2.20. The normalized spacial score (nSPS) is 9.89. The van der Waals surface area contributed by atoms with Crippen LogP contribution in [-0.2, 0) is 9.59 Å². The molecule has 0 heterocycles. The van der Waals surface area contributed by atoms with E-state index in [2.05, 4.69) is 0 Å². The van der Waals surface area contributed by atoms with E-state index in [1.54, 1.807) is 0 Å². The predicted octanol–water partition coefficient (Wildman–Crippen LogP) is 0.100. The van der Waals surface area contributed by atoms with Crippen molar-refractivity contribution in [1.82, 2.24) is 9.80 Å². The number of nitrogens with zero attached hydrogens (tertiary/aromatic N) is 2. The number of urea groups is 1. The van der Waals surface area contributed by atoms with Crippen molar-refractivity contribution in [2.24, 2.45) is 5.73 Å². The van der Waals surface area contributed by atoms with Crippen LogP contribution in [0.1, 0.15) is 26.7 Å². The molecular formula is C11H21N3O4. The Morgan fingerprint density at radius 2 is 1.50 bits per heavy atom. The third kappa shape index (κ3) is 6.07. The van der Waals surface area contributed by atoms with Crippen LogP contribution in [0.5, 0.6) is 0 Å². The topological polar surface area (TPSA) is 104 Å². The average molecular weight is 259 g/mol. The number of carboxylic acid groups (broad SMARTS) is 1. The van der Waals surface area contributed by atoms with Gasteiger partial charge in [0.1, 0.15) is 13.1 Å². The second-order valence-electron chi connectivity index (χ2n) is 3.99. The molecule has 0 aromatic rings. The van der Waals surface area contributed by atoms with Crippen LogP contribution >= 0.6 is 0 Å². The number of primary amides is 1. The molecule has 7 heteroatoms. The predicted molar refractivity (Wildman–Crippen MR) is 66.0 cm³/mol. The molecule has 0 aliphatic heterocycles. The fourth-order valence-corrected chi connectivity index (χ4v) is 1.59. The first-order valence-electron chi connectivity index (χ1n) is 5.96. The zero-order valence-electron chi connectivity index (χ0n) is 10.9.